The number of anilines is 1. The van der Waals surface area contributed by atoms with E-state index in [0.29, 0.717) is 30.1 Å². The maximum Gasteiger partial charge on any atom is 0.322 e. The fraction of sp³-hybridized carbons (Fsp3) is 0.536. The van der Waals surface area contributed by atoms with Gasteiger partial charge in [-0.25, -0.2) is 4.39 Å². The highest BCUT2D eigenvalue weighted by Gasteiger charge is 2.31. The predicted molar refractivity (Wildman–Crippen MR) is 144 cm³/mol. The number of carbonyl (C=O) groups excluding carboxylic acids is 2. The van der Waals surface area contributed by atoms with E-state index >= 15 is 0 Å². The fourth-order valence-corrected chi connectivity index (χ4v) is 4.80. The molecule has 0 spiro atoms. The van der Waals surface area contributed by atoms with Crippen molar-refractivity contribution >= 4 is 29.1 Å². The number of rotatable bonds is 9. The van der Waals surface area contributed by atoms with Crippen molar-refractivity contribution < 1.29 is 18.5 Å². The number of amides is 2. The van der Waals surface area contributed by atoms with Crippen LogP contribution in [0, 0.1) is 12.7 Å². The standard InChI is InChI=1S/C28H37FN6O3/c1-16(2)26-33-28(38-34-26)32-24(14-25(36)35-11-7-6-8-18(35)4)27(37)31-19(5)23-13-20(15-30-23)21-10-9-17(3)12-22(21)29/h9-10,12,15-16,18-19,24H,6-8,11,13-14H2,1-5H3,(H,31,37)(H,32,33,34)/t18-,19-,24-/m0/s1. The lowest BCUT2D eigenvalue weighted by atomic mass is 9.98. The zero-order valence-electron chi connectivity index (χ0n) is 22.8. The van der Waals surface area contributed by atoms with Gasteiger partial charge in [-0.3, -0.25) is 14.6 Å². The van der Waals surface area contributed by atoms with Crippen LogP contribution in [0.2, 0.25) is 0 Å². The van der Waals surface area contributed by atoms with Gasteiger partial charge in [-0.05, 0) is 57.2 Å². The second kappa shape index (κ2) is 11.9. The monoisotopic (exact) mass is 524 g/mol. The number of hydrogen-bond acceptors (Lipinski definition) is 7. The summed E-state index contributed by atoms with van der Waals surface area (Å²) in [6, 6.07) is 4.00. The number of allylic oxidation sites excluding steroid dienone is 1. The molecule has 9 nitrogen and oxygen atoms in total. The van der Waals surface area contributed by atoms with Crippen LogP contribution in [0.5, 0.6) is 0 Å². The Morgan fingerprint density at radius 3 is 2.71 bits per heavy atom. The first-order chi connectivity index (χ1) is 18.1. The Balaban J connectivity index is 1.43. The number of nitrogens with zero attached hydrogens (tertiary/aromatic N) is 4. The predicted octanol–water partition coefficient (Wildman–Crippen LogP) is 4.60. The van der Waals surface area contributed by atoms with Gasteiger partial charge in [0.15, 0.2) is 5.82 Å². The Kier molecular flexibility index (Phi) is 8.58. The molecule has 3 atom stereocenters. The Bertz CT molecular complexity index is 1240. The summed E-state index contributed by atoms with van der Waals surface area (Å²) in [6.07, 6.45) is 5.02. The maximum absolute atomic E-state index is 14.5. The summed E-state index contributed by atoms with van der Waals surface area (Å²) in [5.74, 6) is -0.203. The quantitative estimate of drug-likeness (QED) is 0.496. The minimum absolute atomic E-state index is 0.0488. The number of aliphatic imine (C=N–C) groups is 1. The van der Waals surface area contributed by atoms with Crippen LogP contribution in [-0.2, 0) is 9.59 Å². The molecule has 0 radical (unpaired) electrons. The number of halogens is 1. The zero-order valence-corrected chi connectivity index (χ0v) is 22.8. The van der Waals surface area contributed by atoms with Crippen molar-refractivity contribution in [1.29, 1.82) is 0 Å². The molecule has 1 aromatic carbocycles. The van der Waals surface area contributed by atoms with Gasteiger partial charge in [0, 0.05) is 42.4 Å². The zero-order chi connectivity index (χ0) is 27.4. The molecular weight excluding hydrogens is 487 g/mol. The molecule has 204 valence electrons. The lowest BCUT2D eigenvalue weighted by molar-refractivity contribution is -0.136. The molecule has 1 aromatic heterocycles. The van der Waals surface area contributed by atoms with Crippen LogP contribution in [0.4, 0.5) is 10.4 Å². The summed E-state index contributed by atoms with van der Waals surface area (Å²) in [7, 11) is 0. The summed E-state index contributed by atoms with van der Waals surface area (Å²) in [5, 5.41) is 9.90. The molecule has 1 fully saturated rings. The molecule has 0 saturated carbocycles. The average molecular weight is 525 g/mol. The third kappa shape index (κ3) is 6.46. The van der Waals surface area contributed by atoms with Gasteiger partial charge in [0.2, 0.25) is 11.8 Å². The molecule has 10 heteroatoms. The molecule has 4 rings (SSSR count). The number of aromatic nitrogens is 2. The summed E-state index contributed by atoms with van der Waals surface area (Å²) in [4.78, 5) is 37.2. The van der Waals surface area contributed by atoms with Crippen molar-refractivity contribution in [3.05, 3.63) is 47.2 Å². The van der Waals surface area contributed by atoms with E-state index in [9.17, 15) is 14.0 Å². The van der Waals surface area contributed by atoms with Crippen LogP contribution in [0.15, 0.2) is 33.9 Å². The number of likely N-dealkylation sites (tertiary alicyclic amines) is 1. The highest BCUT2D eigenvalue weighted by Crippen LogP contribution is 2.27. The lowest BCUT2D eigenvalue weighted by Gasteiger charge is -2.34. The third-order valence-electron chi connectivity index (χ3n) is 7.16. The van der Waals surface area contributed by atoms with Crippen LogP contribution in [0.3, 0.4) is 0 Å². The number of piperidine rings is 1. The molecule has 2 aromatic rings. The normalized spacial score (nSPS) is 19.1. The van der Waals surface area contributed by atoms with Crippen LogP contribution >= 0.6 is 0 Å². The van der Waals surface area contributed by atoms with Crippen molar-refractivity contribution in [1.82, 2.24) is 20.4 Å². The van der Waals surface area contributed by atoms with Gasteiger partial charge in [-0.1, -0.05) is 31.1 Å². The minimum Gasteiger partial charge on any atom is -0.347 e. The Hall–Kier alpha value is -3.56. The molecular formula is C28H37FN6O3. The van der Waals surface area contributed by atoms with Crippen LogP contribution in [-0.4, -0.2) is 57.2 Å². The van der Waals surface area contributed by atoms with E-state index in [-0.39, 0.29) is 42.0 Å². The molecule has 2 amide bonds. The van der Waals surface area contributed by atoms with Crippen LogP contribution in [0.1, 0.15) is 82.7 Å². The molecule has 2 aliphatic heterocycles. The van der Waals surface area contributed by atoms with Gasteiger partial charge in [0.25, 0.3) is 0 Å². The first-order valence-corrected chi connectivity index (χ1v) is 13.3. The lowest BCUT2D eigenvalue weighted by Crippen LogP contribution is -2.50. The molecule has 0 aliphatic carbocycles. The summed E-state index contributed by atoms with van der Waals surface area (Å²) in [5.41, 5.74) is 2.82. The van der Waals surface area contributed by atoms with Gasteiger partial charge >= 0.3 is 6.01 Å². The largest absolute Gasteiger partial charge is 0.347 e. The van der Waals surface area contributed by atoms with E-state index in [4.69, 9.17) is 4.52 Å². The fourth-order valence-electron chi connectivity index (χ4n) is 4.80. The van der Waals surface area contributed by atoms with Gasteiger partial charge in [-0.15, -0.1) is 0 Å². The summed E-state index contributed by atoms with van der Waals surface area (Å²) < 4.78 is 19.8. The Morgan fingerprint density at radius 1 is 1.24 bits per heavy atom. The molecule has 2 aliphatic rings. The van der Waals surface area contributed by atoms with E-state index in [1.165, 1.54) is 6.07 Å². The van der Waals surface area contributed by atoms with Crippen molar-refractivity contribution in [2.45, 2.75) is 90.8 Å². The molecule has 2 N–H and O–H groups in total. The Morgan fingerprint density at radius 2 is 2.03 bits per heavy atom. The van der Waals surface area contributed by atoms with E-state index < -0.39 is 12.1 Å². The molecule has 38 heavy (non-hydrogen) atoms. The SMILES string of the molecule is Cc1ccc(C2=CN=C([C@H](C)NC(=O)[C@H](CC(=O)N3CCCC[C@@H]3C)Nc3nc(C(C)C)no3)C2)c(F)c1. The van der Waals surface area contributed by atoms with Crippen LogP contribution < -0.4 is 10.6 Å². The van der Waals surface area contributed by atoms with Gasteiger partial charge in [0.1, 0.15) is 11.9 Å². The second-order valence-corrected chi connectivity index (χ2v) is 10.6. The molecule has 3 heterocycles. The average Bonchev–Trinajstić information content (AvgIpc) is 3.54. The summed E-state index contributed by atoms with van der Waals surface area (Å²) >= 11 is 0. The van der Waals surface area contributed by atoms with Gasteiger partial charge in [-0.2, -0.15) is 4.98 Å². The minimum atomic E-state index is -0.913. The number of nitrogens with one attached hydrogen (secondary N) is 2. The first-order valence-electron chi connectivity index (χ1n) is 13.3. The number of carbonyl (C=O) groups is 2. The highest BCUT2D eigenvalue weighted by molar-refractivity contribution is 6.03. The van der Waals surface area contributed by atoms with E-state index in [1.807, 2.05) is 45.6 Å². The van der Waals surface area contributed by atoms with Crippen molar-refractivity contribution in [2.75, 3.05) is 11.9 Å². The highest BCUT2D eigenvalue weighted by atomic mass is 19.1. The van der Waals surface area contributed by atoms with E-state index in [2.05, 4.69) is 25.8 Å². The molecule has 0 unspecified atom stereocenters. The van der Waals surface area contributed by atoms with Crippen molar-refractivity contribution in [3.63, 3.8) is 0 Å². The summed E-state index contributed by atoms with van der Waals surface area (Å²) in [6.45, 7) is 10.3. The molecule has 0 bridgehead atoms. The topological polar surface area (TPSA) is 113 Å². The number of benzene rings is 1. The number of aryl methyl sites for hydroxylation is 1. The second-order valence-electron chi connectivity index (χ2n) is 10.6. The number of hydrogen-bond donors (Lipinski definition) is 2. The Labute approximate surface area is 223 Å². The van der Waals surface area contributed by atoms with Crippen molar-refractivity contribution in [3.8, 4) is 0 Å². The first kappa shape index (κ1) is 27.5. The van der Waals surface area contributed by atoms with Gasteiger partial charge < -0.3 is 20.1 Å². The van der Waals surface area contributed by atoms with E-state index in [0.717, 1.165) is 30.4 Å². The smallest absolute Gasteiger partial charge is 0.322 e. The van der Waals surface area contributed by atoms with E-state index in [1.54, 1.807) is 12.3 Å². The molecule has 1 saturated heterocycles. The maximum atomic E-state index is 14.5. The third-order valence-corrected chi connectivity index (χ3v) is 7.16. The van der Waals surface area contributed by atoms with Gasteiger partial charge in [0.05, 0.1) is 12.5 Å². The van der Waals surface area contributed by atoms with Crippen LogP contribution in [0.25, 0.3) is 5.57 Å². The van der Waals surface area contributed by atoms with Crippen molar-refractivity contribution in [2.24, 2.45) is 4.99 Å².